The number of hydrogen-bond acceptors (Lipinski definition) is 1. The minimum atomic E-state index is -0.317. The largest absolute Gasteiger partial charge is 0.311 e. The van der Waals surface area contributed by atoms with Gasteiger partial charge < -0.3 is 4.90 Å². The summed E-state index contributed by atoms with van der Waals surface area (Å²) in [5, 5.41) is 0. The molecule has 0 spiro atoms. The van der Waals surface area contributed by atoms with Crippen LogP contribution in [0.15, 0.2) is 18.2 Å². The molecule has 0 saturated carbocycles. The second-order valence-corrected chi connectivity index (χ2v) is 3.89. The third-order valence-electron chi connectivity index (χ3n) is 2.56. The van der Waals surface area contributed by atoms with Crippen molar-refractivity contribution in [2.45, 2.75) is 12.8 Å². The zero-order chi connectivity index (χ0) is 10.8. The Hall–Kier alpha value is -1.09. The molecule has 0 unspecified atom stereocenters. The van der Waals surface area contributed by atoms with Gasteiger partial charge in [0, 0.05) is 24.5 Å². The summed E-state index contributed by atoms with van der Waals surface area (Å²) in [6, 6.07) is 4.56. The van der Waals surface area contributed by atoms with E-state index >= 15 is 0 Å². The summed E-state index contributed by atoms with van der Waals surface area (Å²) < 4.78 is 13.1. The van der Waals surface area contributed by atoms with Crippen LogP contribution in [0.5, 0.6) is 0 Å². The number of anilines is 1. The average Bonchev–Trinajstić information content (AvgIpc) is 2.23. The Morgan fingerprint density at radius 3 is 2.93 bits per heavy atom. The van der Waals surface area contributed by atoms with Crippen LogP contribution in [0.4, 0.5) is 10.1 Å². The molecule has 80 valence electrons. The number of halogens is 2. The number of carbonyl (C=O) groups excluding carboxylic acids is 1. The summed E-state index contributed by atoms with van der Waals surface area (Å²) in [7, 11) is 0. The first kappa shape index (κ1) is 10.4. The molecule has 1 aromatic carbocycles. The maximum Gasteiger partial charge on any atom is 0.227 e. The number of alkyl halides is 1. The second kappa shape index (κ2) is 4.19. The highest BCUT2D eigenvalue weighted by Gasteiger charge is 2.23. The topological polar surface area (TPSA) is 20.3 Å². The molecule has 0 radical (unpaired) electrons. The Balaban J connectivity index is 2.41. The fourth-order valence-corrected chi connectivity index (χ4v) is 2.01. The Morgan fingerprint density at radius 2 is 2.20 bits per heavy atom. The number of nitrogens with zero attached hydrogens (tertiary/aromatic N) is 1. The van der Waals surface area contributed by atoms with E-state index in [9.17, 15) is 9.18 Å². The lowest BCUT2D eigenvalue weighted by atomic mass is 10.0. The molecule has 0 N–H and O–H groups in total. The van der Waals surface area contributed by atoms with Gasteiger partial charge in [0.05, 0.1) is 0 Å². The fraction of sp³-hybridized carbons (Fsp3) is 0.364. The van der Waals surface area contributed by atoms with Crippen molar-refractivity contribution >= 4 is 23.2 Å². The highest BCUT2D eigenvalue weighted by molar-refractivity contribution is 6.18. The summed E-state index contributed by atoms with van der Waals surface area (Å²) in [5.74, 6) is 0.0681. The van der Waals surface area contributed by atoms with Crippen molar-refractivity contribution in [3.05, 3.63) is 29.6 Å². The highest BCUT2D eigenvalue weighted by Crippen LogP contribution is 2.28. The third kappa shape index (κ3) is 1.97. The van der Waals surface area contributed by atoms with Crippen molar-refractivity contribution in [3.8, 4) is 0 Å². The molecular formula is C11H11ClFNO. The van der Waals surface area contributed by atoms with E-state index in [1.807, 2.05) is 0 Å². The molecule has 1 heterocycles. The first-order valence-corrected chi connectivity index (χ1v) is 5.40. The summed E-state index contributed by atoms with van der Waals surface area (Å²) in [6.07, 6.45) is 1.17. The van der Waals surface area contributed by atoms with E-state index in [1.165, 1.54) is 12.1 Å². The van der Waals surface area contributed by atoms with Crippen molar-refractivity contribution in [3.63, 3.8) is 0 Å². The van der Waals surface area contributed by atoms with Crippen molar-refractivity contribution < 1.29 is 9.18 Å². The van der Waals surface area contributed by atoms with Crippen LogP contribution < -0.4 is 4.90 Å². The Labute approximate surface area is 92.6 Å². The standard InChI is InChI=1S/C11H11ClFNO/c12-5-6-14-10-7-9(13)3-1-8(10)2-4-11(14)15/h1,3,7H,2,4-6H2. The van der Waals surface area contributed by atoms with E-state index in [0.717, 1.165) is 5.56 Å². The summed E-state index contributed by atoms with van der Waals surface area (Å²) in [6.45, 7) is 0.441. The first-order chi connectivity index (χ1) is 7.22. The van der Waals surface area contributed by atoms with Crippen LogP contribution in [0.3, 0.4) is 0 Å². The Morgan fingerprint density at radius 1 is 1.40 bits per heavy atom. The van der Waals surface area contributed by atoms with Gasteiger partial charge in [0.25, 0.3) is 0 Å². The molecule has 2 nitrogen and oxygen atoms in total. The van der Waals surface area contributed by atoms with Crippen LogP contribution in [0.1, 0.15) is 12.0 Å². The third-order valence-corrected chi connectivity index (χ3v) is 2.72. The lowest BCUT2D eigenvalue weighted by Gasteiger charge is -2.28. The van der Waals surface area contributed by atoms with Crippen LogP contribution in [0.2, 0.25) is 0 Å². The second-order valence-electron chi connectivity index (χ2n) is 3.51. The van der Waals surface area contributed by atoms with E-state index in [1.54, 1.807) is 11.0 Å². The normalized spacial score (nSPS) is 15.3. The molecule has 0 bridgehead atoms. The van der Waals surface area contributed by atoms with E-state index in [-0.39, 0.29) is 11.7 Å². The first-order valence-electron chi connectivity index (χ1n) is 4.87. The van der Waals surface area contributed by atoms with Crippen LogP contribution in [-0.4, -0.2) is 18.3 Å². The smallest absolute Gasteiger partial charge is 0.227 e. The number of hydrogen-bond donors (Lipinski definition) is 0. The zero-order valence-corrected chi connectivity index (χ0v) is 8.93. The fourth-order valence-electron chi connectivity index (χ4n) is 1.84. The average molecular weight is 228 g/mol. The molecule has 1 amide bonds. The molecule has 15 heavy (non-hydrogen) atoms. The number of fused-ring (bicyclic) bond motifs is 1. The van der Waals surface area contributed by atoms with Gasteiger partial charge in [-0.05, 0) is 24.1 Å². The van der Waals surface area contributed by atoms with Gasteiger partial charge in [-0.1, -0.05) is 6.07 Å². The number of aryl methyl sites for hydroxylation is 1. The minimum Gasteiger partial charge on any atom is -0.311 e. The van der Waals surface area contributed by atoms with Gasteiger partial charge >= 0.3 is 0 Å². The molecule has 0 aromatic heterocycles. The monoisotopic (exact) mass is 227 g/mol. The van der Waals surface area contributed by atoms with Gasteiger partial charge in [-0.15, -0.1) is 11.6 Å². The van der Waals surface area contributed by atoms with Crippen molar-refractivity contribution in [2.75, 3.05) is 17.3 Å². The molecule has 1 aromatic rings. The Bertz CT molecular complexity index is 394. The summed E-state index contributed by atoms with van der Waals surface area (Å²) in [5.41, 5.74) is 1.69. The molecular weight excluding hydrogens is 217 g/mol. The van der Waals surface area contributed by atoms with Crippen LogP contribution in [0.25, 0.3) is 0 Å². The van der Waals surface area contributed by atoms with Crippen molar-refractivity contribution in [2.24, 2.45) is 0 Å². The number of amides is 1. The summed E-state index contributed by atoms with van der Waals surface area (Å²) in [4.78, 5) is 13.2. The van der Waals surface area contributed by atoms with Crippen LogP contribution >= 0.6 is 11.6 Å². The van der Waals surface area contributed by atoms with Gasteiger partial charge in [0.1, 0.15) is 5.82 Å². The molecule has 2 rings (SSSR count). The van der Waals surface area contributed by atoms with E-state index < -0.39 is 0 Å². The lowest BCUT2D eigenvalue weighted by Crippen LogP contribution is -2.36. The molecule has 4 heteroatoms. The van der Waals surface area contributed by atoms with E-state index in [4.69, 9.17) is 11.6 Å². The van der Waals surface area contributed by atoms with Gasteiger partial charge in [-0.3, -0.25) is 4.79 Å². The molecule has 0 atom stereocenters. The summed E-state index contributed by atoms with van der Waals surface area (Å²) >= 11 is 5.62. The van der Waals surface area contributed by atoms with E-state index in [0.29, 0.717) is 31.0 Å². The van der Waals surface area contributed by atoms with Gasteiger partial charge in [-0.2, -0.15) is 0 Å². The van der Waals surface area contributed by atoms with Crippen molar-refractivity contribution in [1.29, 1.82) is 0 Å². The Kier molecular flexibility index (Phi) is 2.91. The van der Waals surface area contributed by atoms with Gasteiger partial charge in [-0.25, -0.2) is 4.39 Å². The number of rotatable bonds is 2. The molecule has 1 aliphatic rings. The maximum atomic E-state index is 13.1. The SMILES string of the molecule is O=C1CCc2ccc(F)cc2N1CCCl. The van der Waals surface area contributed by atoms with Gasteiger partial charge in [0.15, 0.2) is 0 Å². The van der Waals surface area contributed by atoms with E-state index in [2.05, 4.69) is 0 Å². The van der Waals surface area contributed by atoms with Gasteiger partial charge in [0.2, 0.25) is 5.91 Å². The molecule has 1 aliphatic heterocycles. The highest BCUT2D eigenvalue weighted by atomic mass is 35.5. The lowest BCUT2D eigenvalue weighted by molar-refractivity contribution is -0.118. The predicted molar refractivity (Wildman–Crippen MR) is 57.8 cm³/mol. The number of carbonyl (C=O) groups is 1. The molecule has 0 fully saturated rings. The maximum absolute atomic E-state index is 13.1. The number of benzene rings is 1. The van der Waals surface area contributed by atoms with Crippen molar-refractivity contribution in [1.82, 2.24) is 0 Å². The zero-order valence-electron chi connectivity index (χ0n) is 8.17. The quantitative estimate of drug-likeness (QED) is 0.711. The predicted octanol–water partition coefficient (Wildman–Crippen LogP) is 2.34. The van der Waals surface area contributed by atoms with Crippen LogP contribution in [-0.2, 0) is 11.2 Å². The van der Waals surface area contributed by atoms with Crippen LogP contribution in [0, 0.1) is 5.82 Å². The molecule has 0 aliphatic carbocycles. The minimum absolute atomic E-state index is 0.0220. The molecule has 0 saturated heterocycles.